The highest BCUT2D eigenvalue weighted by Crippen LogP contribution is 2.33. The van der Waals surface area contributed by atoms with Gasteiger partial charge in [-0.15, -0.1) is 12.4 Å². The van der Waals surface area contributed by atoms with Gasteiger partial charge in [-0.05, 0) is 24.6 Å². The third-order valence-electron chi connectivity index (χ3n) is 3.48. The normalized spacial score (nSPS) is 18.4. The van der Waals surface area contributed by atoms with Crippen molar-refractivity contribution in [1.29, 1.82) is 0 Å². The Labute approximate surface area is 121 Å². The molecular weight excluding hydrogens is 296 g/mol. The summed E-state index contributed by atoms with van der Waals surface area (Å²) >= 11 is 0. The second-order valence-corrected chi connectivity index (χ2v) is 4.70. The molecule has 1 aliphatic heterocycles. The fourth-order valence-electron chi connectivity index (χ4n) is 2.30. The van der Waals surface area contributed by atoms with Crippen molar-refractivity contribution in [2.45, 2.75) is 19.1 Å². The van der Waals surface area contributed by atoms with Gasteiger partial charge in [0.2, 0.25) is 0 Å². The molecule has 7 heteroatoms. The Kier molecular flexibility index (Phi) is 5.79. The number of nitrogens with one attached hydrogen (secondary N) is 1. The number of halogens is 5. The standard InChI is InChI=1S/C13H16F4N2.ClH/c1-9(19-6-4-18-5-7-19)10-2-3-12(14)11(8-10)13(15,16)17;/h2-3,8-9,18H,4-7H2,1H3;1H/t9-;/m1./s1. The van der Waals surface area contributed by atoms with E-state index in [1.807, 2.05) is 6.92 Å². The van der Waals surface area contributed by atoms with Crippen molar-refractivity contribution in [3.8, 4) is 0 Å². The van der Waals surface area contributed by atoms with Gasteiger partial charge >= 0.3 is 6.18 Å². The van der Waals surface area contributed by atoms with E-state index in [4.69, 9.17) is 0 Å². The number of alkyl halides is 3. The molecule has 114 valence electrons. The monoisotopic (exact) mass is 312 g/mol. The molecule has 0 bridgehead atoms. The Morgan fingerprint density at radius 2 is 1.80 bits per heavy atom. The van der Waals surface area contributed by atoms with E-state index in [9.17, 15) is 17.6 Å². The molecule has 1 atom stereocenters. The molecule has 0 radical (unpaired) electrons. The number of piperazine rings is 1. The SMILES string of the molecule is C[C@H](c1ccc(F)c(C(F)(F)F)c1)N1CCNCC1.Cl. The lowest BCUT2D eigenvalue weighted by molar-refractivity contribution is -0.140. The minimum absolute atomic E-state index is 0. The van der Waals surface area contributed by atoms with Crippen LogP contribution in [0.1, 0.15) is 24.1 Å². The molecule has 2 nitrogen and oxygen atoms in total. The first-order valence-electron chi connectivity index (χ1n) is 6.21. The molecule has 1 heterocycles. The van der Waals surface area contributed by atoms with Gasteiger partial charge < -0.3 is 5.32 Å². The molecular formula is C13H17ClF4N2. The van der Waals surface area contributed by atoms with E-state index in [0.29, 0.717) is 5.56 Å². The molecule has 0 unspecified atom stereocenters. The van der Waals surface area contributed by atoms with Crippen LogP contribution >= 0.6 is 12.4 Å². The molecule has 0 aromatic heterocycles. The summed E-state index contributed by atoms with van der Waals surface area (Å²) in [7, 11) is 0. The van der Waals surface area contributed by atoms with Gasteiger partial charge in [-0.1, -0.05) is 6.07 Å². The molecule has 0 spiro atoms. The summed E-state index contributed by atoms with van der Waals surface area (Å²) in [6.45, 7) is 5.04. The second kappa shape index (κ2) is 6.74. The summed E-state index contributed by atoms with van der Waals surface area (Å²) in [5.74, 6) is -1.22. The molecule has 0 amide bonds. The summed E-state index contributed by atoms with van der Waals surface area (Å²) < 4.78 is 51.2. The van der Waals surface area contributed by atoms with Crippen molar-refractivity contribution >= 4 is 12.4 Å². The minimum Gasteiger partial charge on any atom is -0.314 e. The van der Waals surface area contributed by atoms with E-state index in [-0.39, 0.29) is 18.4 Å². The Morgan fingerprint density at radius 1 is 1.20 bits per heavy atom. The summed E-state index contributed by atoms with van der Waals surface area (Å²) in [5.41, 5.74) is -0.692. The average molecular weight is 313 g/mol. The van der Waals surface area contributed by atoms with E-state index >= 15 is 0 Å². The van der Waals surface area contributed by atoms with Crippen LogP contribution in [0.4, 0.5) is 17.6 Å². The van der Waals surface area contributed by atoms with Gasteiger partial charge in [-0.2, -0.15) is 13.2 Å². The smallest absolute Gasteiger partial charge is 0.314 e. The minimum atomic E-state index is -4.65. The second-order valence-electron chi connectivity index (χ2n) is 4.70. The van der Waals surface area contributed by atoms with Gasteiger partial charge in [-0.3, -0.25) is 4.90 Å². The van der Waals surface area contributed by atoms with Crippen LogP contribution in [0, 0.1) is 5.82 Å². The van der Waals surface area contributed by atoms with Crippen molar-refractivity contribution in [2.75, 3.05) is 26.2 Å². The van der Waals surface area contributed by atoms with E-state index in [1.165, 1.54) is 6.07 Å². The molecule has 1 aromatic rings. The van der Waals surface area contributed by atoms with Crippen LogP contribution in [0.5, 0.6) is 0 Å². The van der Waals surface area contributed by atoms with Crippen LogP contribution in [-0.4, -0.2) is 31.1 Å². The van der Waals surface area contributed by atoms with Gasteiger partial charge in [0.25, 0.3) is 0 Å². The molecule has 0 saturated carbocycles. The maximum atomic E-state index is 13.2. The third-order valence-corrected chi connectivity index (χ3v) is 3.48. The van der Waals surface area contributed by atoms with Crippen molar-refractivity contribution in [3.05, 3.63) is 35.1 Å². The molecule has 20 heavy (non-hydrogen) atoms. The van der Waals surface area contributed by atoms with Gasteiger partial charge in [0, 0.05) is 32.2 Å². The summed E-state index contributed by atoms with van der Waals surface area (Å²) in [6.07, 6.45) is -4.65. The lowest BCUT2D eigenvalue weighted by Gasteiger charge is -2.33. The predicted molar refractivity (Wildman–Crippen MR) is 71.5 cm³/mol. The third kappa shape index (κ3) is 3.84. The van der Waals surface area contributed by atoms with Crippen molar-refractivity contribution in [1.82, 2.24) is 10.2 Å². The lowest BCUT2D eigenvalue weighted by Crippen LogP contribution is -2.44. The topological polar surface area (TPSA) is 15.3 Å². The fraction of sp³-hybridized carbons (Fsp3) is 0.538. The molecule has 1 fully saturated rings. The van der Waals surface area contributed by atoms with Crippen LogP contribution in [-0.2, 0) is 6.18 Å². The molecule has 0 aliphatic carbocycles. The van der Waals surface area contributed by atoms with Crippen LogP contribution in [0.2, 0.25) is 0 Å². The van der Waals surface area contributed by atoms with Gasteiger partial charge in [-0.25, -0.2) is 4.39 Å². The van der Waals surface area contributed by atoms with Crippen molar-refractivity contribution in [2.24, 2.45) is 0 Å². The molecule has 1 saturated heterocycles. The fourth-order valence-corrected chi connectivity index (χ4v) is 2.30. The van der Waals surface area contributed by atoms with Crippen molar-refractivity contribution in [3.63, 3.8) is 0 Å². The Morgan fingerprint density at radius 3 is 2.35 bits per heavy atom. The molecule has 2 rings (SSSR count). The predicted octanol–water partition coefficient (Wildman–Crippen LogP) is 3.23. The molecule has 1 aromatic carbocycles. The zero-order chi connectivity index (χ0) is 14.0. The van der Waals surface area contributed by atoms with E-state index < -0.39 is 17.6 Å². The highest BCUT2D eigenvalue weighted by Gasteiger charge is 2.34. The number of hydrogen-bond acceptors (Lipinski definition) is 2. The Bertz CT molecular complexity index is 444. The summed E-state index contributed by atoms with van der Waals surface area (Å²) in [4.78, 5) is 2.09. The van der Waals surface area contributed by atoms with Crippen molar-refractivity contribution < 1.29 is 17.6 Å². The van der Waals surface area contributed by atoms with Gasteiger partial charge in [0.1, 0.15) is 5.82 Å². The van der Waals surface area contributed by atoms with Crippen LogP contribution in [0.15, 0.2) is 18.2 Å². The average Bonchev–Trinajstić information content (AvgIpc) is 2.38. The summed E-state index contributed by atoms with van der Waals surface area (Å²) in [6, 6.07) is 3.10. The zero-order valence-electron chi connectivity index (χ0n) is 11.0. The molecule has 1 N–H and O–H groups in total. The maximum absolute atomic E-state index is 13.2. The number of rotatable bonds is 2. The Hall–Kier alpha value is -0.850. The largest absolute Gasteiger partial charge is 0.419 e. The lowest BCUT2D eigenvalue weighted by atomic mass is 10.0. The van der Waals surface area contributed by atoms with Crippen LogP contribution in [0.3, 0.4) is 0 Å². The quantitative estimate of drug-likeness (QED) is 0.844. The Balaban J connectivity index is 0.00000200. The number of nitrogens with zero attached hydrogens (tertiary/aromatic N) is 1. The summed E-state index contributed by atoms with van der Waals surface area (Å²) in [5, 5.41) is 3.18. The van der Waals surface area contributed by atoms with E-state index in [0.717, 1.165) is 38.3 Å². The highest BCUT2D eigenvalue weighted by molar-refractivity contribution is 5.85. The number of benzene rings is 1. The maximum Gasteiger partial charge on any atom is 0.419 e. The van der Waals surface area contributed by atoms with E-state index in [2.05, 4.69) is 10.2 Å². The van der Waals surface area contributed by atoms with Crippen LogP contribution in [0.25, 0.3) is 0 Å². The first-order chi connectivity index (χ1) is 8.89. The van der Waals surface area contributed by atoms with Gasteiger partial charge in [0.05, 0.1) is 5.56 Å². The highest BCUT2D eigenvalue weighted by atomic mass is 35.5. The number of hydrogen-bond donors (Lipinski definition) is 1. The zero-order valence-corrected chi connectivity index (χ0v) is 11.8. The molecule has 1 aliphatic rings. The first-order valence-corrected chi connectivity index (χ1v) is 6.21. The van der Waals surface area contributed by atoms with Crippen LogP contribution < -0.4 is 5.32 Å². The van der Waals surface area contributed by atoms with E-state index in [1.54, 1.807) is 0 Å². The van der Waals surface area contributed by atoms with Gasteiger partial charge in [0.15, 0.2) is 0 Å². The first kappa shape index (κ1) is 17.2.